The van der Waals surface area contributed by atoms with Crippen molar-refractivity contribution in [2.24, 2.45) is 5.73 Å². The van der Waals surface area contributed by atoms with E-state index in [4.69, 9.17) is 19.9 Å². The number of aryl methyl sites for hydroxylation is 1. The number of nitrogens with two attached hydrogens (primary N) is 1. The van der Waals surface area contributed by atoms with E-state index in [1.165, 1.54) is 0 Å². The van der Waals surface area contributed by atoms with Gasteiger partial charge in [0.05, 0.1) is 6.42 Å². The molecule has 6 N–H and O–H groups in total. The Morgan fingerprint density at radius 3 is 1.85 bits per heavy atom. The van der Waals surface area contributed by atoms with Gasteiger partial charge in [-0.15, -0.1) is 0 Å². The molecule has 7 rings (SSSR count). The fourth-order valence-corrected chi connectivity index (χ4v) is 9.88. The minimum Gasteiger partial charge on any atom is -0.459 e. The van der Waals surface area contributed by atoms with Crippen LogP contribution in [0.5, 0.6) is 0 Å². The topological polar surface area (TPSA) is 221 Å². The summed E-state index contributed by atoms with van der Waals surface area (Å²) in [6.45, 7) is 10.4. The van der Waals surface area contributed by atoms with Crippen molar-refractivity contribution in [3.63, 3.8) is 0 Å². The molecule has 0 aromatic heterocycles. The predicted molar refractivity (Wildman–Crippen MR) is 282 cm³/mol. The lowest BCUT2D eigenvalue weighted by molar-refractivity contribution is -0.169. The predicted octanol–water partition coefficient (Wildman–Crippen LogP) is 7.98. The Bertz CT molecular complexity index is 2780. The molecule has 74 heavy (non-hydrogen) atoms. The van der Waals surface area contributed by atoms with Crippen LogP contribution in [0.3, 0.4) is 0 Å². The summed E-state index contributed by atoms with van der Waals surface area (Å²) >= 11 is 0. The highest BCUT2D eigenvalue weighted by Gasteiger charge is 2.44. The molecule has 0 bridgehead atoms. The molecule has 390 valence electrons. The number of fused-ring (bicyclic) bond motifs is 4. The van der Waals surface area contributed by atoms with Crippen molar-refractivity contribution >= 4 is 52.4 Å². The number of nitrogens with one attached hydrogen (secondary N) is 4. The number of carbonyl (C=O) groups excluding carboxylic acids is 7. The van der Waals surface area contributed by atoms with Crippen LogP contribution in [-0.4, -0.2) is 83.6 Å². The number of rotatable bonds is 19. The average molecular weight is 1010 g/mol. The minimum atomic E-state index is -1.53. The quantitative estimate of drug-likeness (QED) is 0.0232. The van der Waals surface area contributed by atoms with Crippen molar-refractivity contribution in [3.05, 3.63) is 143 Å². The Hall–Kier alpha value is -7.55. The van der Waals surface area contributed by atoms with Gasteiger partial charge >= 0.3 is 18.0 Å². The third-order valence-electron chi connectivity index (χ3n) is 13.3. The second-order valence-electron chi connectivity index (χ2n) is 21.3. The lowest BCUT2D eigenvalue weighted by Gasteiger charge is -2.38. The first-order chi connectivity index (χ1) is 35.2. The maximum Gasteiger partial charge on any atom is 0.407 e. The molecule has 0 heterocycles. The number of ether oxygens (including phenoxy) is 3. The Morgan fingerprint density at radius 2 is 1.24 bits per heavy atom. The van der Waals surface area contributed by atoms with Gasteiger partial charge in [-0.2, -0.15) is 0 Å². The molecule has 2 aliphatic rings. The Labute approximate surface area is 433 Å². The third kappa shape index (κ3) is 13.9. The summed E-state index contributed by atoms with van der Waals surface area (Å²) in [7, 11) is 0. The molecule has 0 saturated heterocycles. The smallest absolute Gasteiger partial charge is 0.407 e. The van der Waals surface area contributed by atoms with E-state index in [9.17, 15) is 33.6 Å². The van der Waals surface area contributed by atoms with E-state index in [2.05, 4.69) is 27.3 Å². The zero-order valence-electron chi connectivity index (χ0n) is 43.2. The molecular weight excluding hydrogens is 939 g/mol. The van der Waals surface area contributed by atoms with Crippen LogP contribution in [0.25, 0.3) is 21.9 Å². The first-order valence-electron chi connectivity index (χ1n) is 25.5. The van der Waals surface area contributed by atoms with Gasteiger partial charge in [0, 0.05) is 18.9 Å². The molecule has 5 amide bonds. The number of carbonyl (C=O) groups is 7. The van der Waals surface area contributed by atoms with Crippen molar-refractivity contribution < 1.29 is 47.8 Å². The van der Waals surface area contributed by atoms with Gasteiger partial charge in [-0.25, -0.2) is 4.79 Å². The van der Waals surface area contributed by atoms with E-state index in [1.54, 1.807) is 65.8 Å². The highest BCUT2D eigenvalue weighted by molar-refractivity contribution is 6.01. The van der Waals surface area contributed by atoms with Gasteiger partial charge in [-0.3, -0.25) is 28.8 Å². The number of benzene rings is 5. The van der Waals surface area contributed by atoms with Crippen LogP contribution in [0.4, 0.5) is 4.79 Å². The number of amides is 5. The third-order valence-corrected chi connectivity index (χ3v) is 13.3. The Kier molecular flexibility index (Phi) is 17.3. The molecule has 0 unspecified atom stereocenters. The summed E-state index contributed by atoms with van der Waals surface area (Å²) in [6.07, 6.45) is 2.15. The van der Waals surface area contributed by atoms with Crippen molar-refractivity contribution in [1.82, 2.24) is 21.3 Å². The summed E-state index contributed by atoms with van der Waals surface area (Å²) < 4.78 is 17.2. The summed E-state index contributed by atoms with van der Waals surface area (Å²) in [5, 5.41) is 13.6. The van der Waals surface area contributed by atoms with Crippen LogP contribution in [0, 0.1) is 0 Å². The molecule has 15 nitrogen and oxygen atoms in total. The number of hydrogen-bond acceptors (Lipinski definition) is 10. The number of esters is 2. The van der Waals surface area contributed by atoms with Gasteiger partial charge in [0.2, 0.25) is 23.6 Å². The maximum atomic E-state index is 14.8. The summed E-state index contributed by atoms with van der Waals surface area (Å²) in [5.74, 6) is -6.03. The first kappa shape index (κ1) is 54.2. The van der Waals surface area contributed by atoms with Gasteiger partial charge in [0.25, 0.3) is 0 Å². The monoisotopic (exact) mass is 1010 g/mol. The Morgan fingerprint density at radius 1 is 0.662 bits per heavy atom. The minimum absolute atomic E-state index is 0.0293. The van der Waals surface area contributed by atoms with E-state index in [1.807, 2.05) is 84.9 Å². The van der Waals surface area contributed by atoms with Crippen molar-refractivity contribution in [3.8, 4) is 11.1 Å². The standard InChI is InChI=1S/C59H69N5O10/c1-57(2,3)73-53(68)50(54(69)74-58(4,5)6)40-29-27-37(28-30-40)34-47(63-56(71)72-36-46-44-25-12-10-23-42(44)43-24-11-13-26-45(43)46)52(67)64-59(31-14-7-15-32-59)55(70)62-48(35-49(60)65)51(66)61-33-17-21-39-20-16-19-38-18-8-9-22-41(38)39/h8-13,16,18-20,22-30,46-48,50H,7,14-15,17,21,31-36H2,1-6H3,(H2,60,65)(H,61,66)(H,62,70)(H,63,71)(H,64,67)/t47-,48-/m0/s1. The molecule has 5 aromatic carbocycles. The highest BCUT2D eigenvalue weighted by atomic mass is 16.6. The van der Waals surface area contributed by atoms with Gasteiger partial charge in [-0.05, 0) is 117 Å². The molecule has 0 radical (unpaired) electrons. The van der Waals surface area contributed by atoms with Crippen LogP contribution >= 0.6 is 0 Å². The molecule has 2 atom stereocenters. The second-order valence-corrected chi connectivity index (χ2v) is 21.3. The lowest BCUT2D eigenvalue weighted by Crippen LogP contribution is -2.65. The fourth-order valence-electron chi connectivity index (χ4n) is 9.88. The van der Waals surface area contributed by atoms with Crippen LogP contribution in [0.1, 0.15) is 126 Å². The zero-order chi connectivity index (χ0) is 53.2. The molecule has 1 fully saturated rings. The van der Waals surface area contributed by atoms with E-state index >= 15 is 0 Å². The van der Waals surface area contributed by atoms with E-state index in [0.717, 1.165) is 45.0 Å². The molecule has 15 heteroatoms. The second kappa shape index (κ2) is 23.5. The first-order valence-corrected chi connectivity index (χ1v) is 25.5. The van der Waals surface area contributed by atoms with Crippen molar-refractivity contribution in [1.29, 1.82) is 0 Å². The summed E-state index contributed by atoms with van der Waals surface area (Å²) in [5.41, 5.74) is 8.33. The van der Waals surface area contributed by atoms with Gasteiger partial charge in [0.1, 0.15) is 35.4 Å². The molecule has 0 spiro atoms. The van der Waals surface area contributed by atoms with Crippen LogP contribution < -0.4 is 27.0 Å². The fraction of sp³-hybridized carbons (Fsp3) is 0.407. The maximum absolute atomic E-state index is 14.8. The van der Waals surface area contributed by atoms with E-state index in [-0.39, 0.29) is 38.3 Å². The summed E-state index contributed by atoms with van der Waals surface area (Å²) in [6, 6.07) is 33.7. The normalized spacial score (nSPS) is 14.9. The van der Waals surface area contributed by atoms with E-state index in [0.29, 0.717) is 36.8 Å². The zero-order valence-corrected chi connectivity index (χ0v) is 43.2. The Balaban J connectivity index is 1.10. The number of hydrogen-bond donors (Lipinski definition) is 5. The van der Waals surface area contributed by atoms with Gasteiger partial charge in [-0.1, -0.05) is 135 Å². The molecule has 2 aliphatic carbocycles. The van der Waals surface area contributed by atoms with Crippen molar-refractivity contribution in [2.45, 2.75) is 140 Å². The largest absolute Gasteiger partial charge is 0.459 e. The SMILES string of the molecule is CC(C)(C)OC(=O)C(C(=O)OC(C)(C)C)c1ccc(C[C@H](NC(=O)OCC2c3ccccc3-c3ccccc32)C(=O)NC2(C(=O)N[C@@H](CC(N)=O)C(=O)NCCCc3cccc4ccccc34)CCCCC2)cc1. The van der Waals surface area contributed by atoms with Crippen LogP contribution in [0.2, 0.25) is 0 Å². The molecule has 1 saturated carbocycles. The molecular formula is C59H69N5O10. The number of primary amides is 1. The highest BCUT2D eigenvalue weighted by Crippen LogP contribution is 2.44. The van der Waals surface area contributed by atoms with Crippen LogP contribution in [0.15, 0.2) is 115 Å². The molecule has 5 aromatic rings. The van der Waals surface area contributed by atoms with Crippen molar-refractivity contribution in [2.75, 3.05) is 13.2 Å². The van der Waals surface area contributed by atoms with Crippen LogP contribution in [-0.2, 0) is 55.8 Å². The molecule has 0 aliphatic heterocycles. The summed E-state index contributed by atoms with van der Waals surface area (Å²) in [4.78, 5) is 96.4. The lowest BCUT2D eigenvalue weighted by atomic mass is 9.80. The van der Waals surface area contributed by atoms with Gasteiger partial charge in [0.15, 0.2) is 5.92 Å². The number of alkyl carbamates (subject to hydrolysis) is 1. The van der Waals surface area contributed by atoms with E-state index < -0.39 is 82.8 Å². The van der Waals surface area contributed by atoms with Gasteiger partial charge < -0.3 is 41.2 Å². The average Bonchev–Trinajstić information content (AvgIpc) is 3.67.